The van der Waals surface area contributed by atoms with Crippen LogP contribution in [0.5, 0.6) is 0 Å². The average Bonchev–Trinajstić information content (AvgIpc) is 2.14. The fourth-order valence-electron chi connectivity index (χ4n) is 0.970. The van der Waals surface area contributed by atoms with Crippen LogP contribution in [0.4, 0.5) is 4.39 Å². The zero-order valence-corrected chi connectivity index (χ0v) is 8.87. The Hall–Kier alpha value is -1.04. The maximum atomic E-state index is 13.3. The molecule has 0 radical (unpaired) electrons. The Labute approximate surface area is 88.3 Å². The molecule has 1 aromatic carbocycles. The Kier molecular flexibility index (Phi) is 3.94. The second kappa shape index (κ2) is 4.99. The highest BCUT2D eigenvalue weighted by atomic mass is 35.5. The molecule has 74 valence electrons. The summed E-state index contributed by atoms with van der Waals surface area (Å²) in [6.07, 6.45) is 0. The van der Waals surface area contributed by atoms with E-state index in [4.69, 9.17) is 11.6 Å². The molecule has 0 heterocycles. The molecule has 0 aromatic heterocycles. The molecular weight excluding hydrogens is 201 g/mol. The number of hydrogen-bond acceptors (Lipinski definition) is 1. The Morgan fingerprint density at radius 2 is 2.21 bits per heavy atom. The van der Waals surface area contributed by atoms with Crippen LogP contribution in [0.1, 0.15) is 11.1 Å². The summed E-state index contributed by atoms with van der Waals surface area (Å²) in [5.41, 5.74) is 1.07. The summed E-state index contributed by atoms with van der Waals surface area (Å²) < 4.78 is 13.3. The Bertz CT molecular complexity index is 390. The molecule has 1 N–H and O–H groups in total. The van der Waals surface area contributed by atoms with Crippen molar-refractivity contribution in [2.75, 3.05) is 13.6 Å². The van der Waals surface area contributed by atoms with Gasteiger partial charge in [0.2, 0.25) is 0 Å². The summed E-state index contributed by atoms with van der Waals surface area (Å²) in [4.78, 5) is 0. The molecule has 0 spiro atoms. The van der Waals surface area contributed by atoms with E-state index in [9.17, 15) is 4.39 Å². The van der Waals surface area contributed by atoms with Crippen molar-refractivity contribution in [3.05, 3.63) is 34.1 Å². The monoisotopic (exact) mass is 211 g/mol. The van der Waals surface area contributed by atoms with Gasteiger partial charge in [-0.2, -0.15) is 0 Å². The van der Waals surface area contributed by atoms with Crippen LogP contribution in [-0.2, 0) is 0 Å². The van der Waals surface area contributed by atoms with Crippen LogP contribution in [0, 0.1) is 24.6 Å². The molecule has 1 nitrogen and oxygen atoms in total. The van der Waals surface area contributed by atoms with E-state index in [1.807, 2.05) is 0 Å². The fourth-order valence-corrected chi connectivity index (χ4v) is 1.13. The normalized spacial score (nSPS) is 9.43. The molecule has 0 amide bonds. The third-order valence-corrected chi connectivity index (χ3v) is 2.14. The van der Waals surface area contributed by atoms with Crippen molar-refractivity contribution in [3.8, 4) is 11.8 Å². The zero-order chi connectivity index (χ0) is 10.6. The summed E-state index contributed by atoms with van der Waals surface area (Å²) in [5, 5.41) is 3.40. The van der Waals surface area contributed by atoms with Crippen LogP contribution >= 0.6 is 11.6 Å². The van der Waals surface area contributed by atoms with Crippen molar-refractivity contribution < 1.29 is 4.39 Å². The van der Waals surface area contributed by atoms with E-state index >= 15 is 0 Å². The van der Waals surface area contributed by atoms with E-state index in [2.05, 4.69) is 17.2 Å². The third-order valence-electron chi connectivity index (χ3n) is 1.74. The standard InChI is InChI=1S/C11H11ClFN/c1-8-6-11(13)9(7-10(8)12)4-3-5-14-2/h6-7,14H,5H2,1-2H3. The van der Waals surface area contributed by atoms with Crippen LogP contribution in [-0.4, -0.2) is 13.6 Å². The van der Waals surface area contributed by atoms with Gasteiger partial charge in [-0.3, -0.25) is 0 Å². The van der Waals surface area contributed by atoms with Gasteiger partial charge in [-0.25, -0.2) is 4.39 Å². The predicted octanol–water partition coefficient (Wildman–Crippen LogP) is 2.36. The van der Waals surface area contributed by atoms with Crippen molar-refractivity contribution in [2.45, 2.75) is 6.92 Å². The topological polar surface area (TPSA) is 12.0 Å². The second-order valence-electron chi connectivity index (χ2n) is 2.91. The molecule has 14 heavy (non-hydrogen) atoms. The van der Waals surface area contributed by atoms with Gasteiger partial charge in [-0.05, 0) is 31.7 Å². The first-order valence-corrected chi connectivity index (χ1v) is 4.62. The second-order valence-corrected chi connectivity index (χ2v) is 3.32. The molecule has 1 aromatic rings. The van der Waals surface area contributed by atoms with Gasteiger partial charge < -0.3 is 5.32 Å². The summed E-state index contributed by atoms with van der Waals surface area (Å²) in [6, 6.07) is 2.95. The summed E-state index contributed by atoms with van der Waals surface area (Å²) in [5.74, 6) is 5.17. The van der Waals surface area contributed by atoms with Crippen molar-refractivity contribution in [1.29, 1.82) is 0 Å². The molecule has 0 aliphatic carbocycles. The van der Waals surface area contributed by atoms with Crippen LogP contribution in [0.3, 0.4) is 0 Å². The van der Waals surface area contributed by atoms with Crippen molar-refractivity contribution in [1.82, 2.24) is 5.32 Å². The smallest absolute Gasteiger partial charge is 0.139 e. The molecule has 0 saturated heterocycles. The number of halogens is 2. The van der Waals surface area contributed by atoms with E-state index < -0.39 is 0 Å². The fraction of sp³-hybridized carbons (Fsp3) is 0.273. The van der Waals surface area contributed by atoms with E-state index in [1.54, 1.807) is 20.0 Å². The number of hydrogen-bond donors (Lipinski definition) is 1. The van der Waals surface area contributed by atoms with Gasteiger partial charge in [-0.15, -0.1) is 0 Å². The summed E-state index contributed by atoms with van der Waals surface area (Å²) in [7, 11) is 1.78. The number of rotatable bonds is 1. The van der Waals surface area contributed by atoms with Crippen LogP contribution in [0.15, 0.2) is 12.1 Å². The molecule has 0 bridgehead atoms. The molecule has 0 aliphatic heterocycles. The third kappa shape index (κ3) is 2.73. The average molecular weight is 212 g/mol. The van der Waals surface area contributed by atoms with Gasteiger partial charge in [-0.1, -0.05) is 23.4 Å². The van der Waals surface area contributed by atoms with Gasteiger partial charge >= 0.3 is 0 Å². The SMILES string of the molecule is CNCC#Cc1cc(Cl)c(C)cc1F. The van der Waals surface area contributed by atoms with E-state index in [0.717, 1.165) is 5.56 Å². The largest absolute Gasteiger partial charge is 0.309 e. The van der Waals surface area contributed by atoms with Crippen LogP contribution in [0.2, 0.25) is 5.02 Å². The van der Waals surface area contributed by atoms with Gasteiger partial charge in [0, 0.05) is 5.02 Å². The lowest BCUT2D eigenvalue weighted by Gasteiger charge is -1.99. The van der Waals surface area contributed by atoms with Crippen molar-refractivity contribution >= 4 is 11.6 Å². The number of benzene rings is 1. The van der Waals surface area contributed by atoms with Gasteiger partial charge in [0.15, 0.2) is 0 Å². The van der Waals surface area contributed by atoms with E-state index in [-0.39, 0.29) is 5.82 Å². The molecule has 0 fully saturated rings. The maximum Gasteiger partial charge on any atom is 0.139 e. The predicted molar refractivity (Wildman–Crippen MR) is 57.0 cm³/mol. The van der Waals surface area contributed by atoms with Crippen LogP contribution in [0.25, 0.3) is 0 Å². The lowest BCUT2D eigenvalue weighted by atomic mass is 10.1. The Morgan fingerprint density at radius 3 is 2.86 bits per heavy atom. The van der Waals surface area contributed by atoms with E-state index in [1.165, 1.54) is 6.07 Å². The maximum absolute atomic E-state index is 13.3. The quantitative estimate of drug-likeness (QED) is 0.704. The molecule has 3 heteroatoms. The van der Waals surface area contributed by atoms with Crippen molar-refractivity contribution in [3.63, 3.8) is 0 Å². The first kappa shape index (κ1) is 11.0. The minimum atomic E-state index is -0.324. The van der Waals surface area contributed by atoms with Crippen LogP contribution < -0.4 is 5.32 Å². The van der Waals surface area contributed by atoms with Gasteiger partial charge in [0.05, 0.1) is 12.1 Å². The lowest BCUT2D eigenvalue weighted by Crippen LogP contribution is -2.04. The minimum Gasteiger partial charge on any atom is -0.309 e. The van der Waals surface area contributed by atoms with Gasteiger partial charge in [0.1, 0.15) is 5.82 Å². The first-order chi connectivity index (χ1) is 6.65. The molecule has 0 unspecified atom stereocenters. The van der Waals surface area contributed by atoms with Crippen molar-refractivity contribution in [2.24, 2.45) is 0 Å². The lowest BCUT2D eigenvalue weighted by molar-refractivity contribution is 0.623. The highest BCUT2D eigenvalue weighted by Crippen LogP contribution is 2.19. The molecule has 0 atom stereocenters. The highest BCUT2D eigenvalue weighted by molar-refractivity contribution is 6.31. The van der Waals surface area contributed by atoms with E-state index in [0.29, 0.717) is 17.1 Å². The summed E-state index contributed by atoms with van der Waals surface area (Å²) in [6.45, 7) is 2.29. The molecule has 1 rings (SSSR count). The minimum absolute atomic E-state index is 0.324. The molecular formula is C11H11ClFN. The highest BCUT2D eigenvalue weighted by Gasteiger charge is 2.02. The molecule has 0 aliphatic rings. The van der Waals surface area contributed by atoms with Gasteiger partial charge in [0.25, 0.3) is 0 Å². The first-order valence-electron chi connectivity index (χ1n) is 4.24. The molecule has 0 saturated carbocycles. The Balaban J connectivity index is 3.00. The number of aryl methyl sites for hydroxylation is 1. The Morgan fingerprint density at radius 1 is 1.50 bits per heavy atom. The summed E-state index contributed by atoms with van der Waals surface area (Å²) >= 11 is 5.85. The number of nitrogens with one attached hydrogen (secondary N) is 1. The zero-order valence-electron chi connectivity index (χ0n) is 8.12.